The Kier molecular flexibility index (Phi) is 5.64. The number of nitrogens with one attached hydrogen (secondary N) is 1. The summed E-state index contributed by atoms with van der Waals surface area (Å²) in [5, 5.41) is 3.43. The molecule has 0 saturated heterocycles. The molecular weight excluding hydrogens is 262 g/mol. The molecule has 1 N–H and O–H groups in total. The first-order valence-corrected chi connectivity index (χ1v) is 7.30. The van der Waals surface area contributed by atoms with Crippen LogP contribution in [0.15, 0.2) is 42.5 Å². The zero-order valence-corrected chi connectivity index (χ0v) is 13.0. The first-order valence-electron chi connectivity index (χ1n) is 7.30. The van der Waals surface area contributed by atoms with Crippen molar-refractivity contribution in [3.63, 3.8) is 0 Å². The van der Waals surface area contributed by atoms with Crippen molar-refractivity contribution < 1.29 is 9.47 Å². The van der Waals surface area contributed by atoms with Gasteiger partial charge in [0.25, 0.3) is 0 Å². The third-order valence-electron chi connectivity index (χ3n) is 3.37. The van der Waals surface area contributed by atoms with Gasteiger partial charge in [0, 0.05) is 12.6 Å². The summed E-state index contributed by atoms with van der Waals surface area (Å²) in [5.74, 6) is 1.61. The zero-order valence-electron chi connectivity index (χ0n) is 13.0. The van der Waals surface area contributed by atoms with Crippen LogP contribution in [0.25, 0.3) is 11.1 Å². The second kappa shape index (κ2) is 7.70. The largest absolute Gasteiger partial charge is 0.497 e. The lowest BCUT2D eigenvalue weighted by atomic mass is 10.0. The molecule has 21 heavy (non-hydrogen) atoms. The summed E-state index contributed by atoms with van der Waals surface area (Å²) in [6.45, 7) is 4.10. The average molecular weight is 285 g/mol. The SMILES string of the molecule is CCCNCc1cccc(-c2cc(OC)cc(OC)c2)c1. The molecule has 2 aromatic carbocycles. The van der Waals surface area contributed by atoms with Gasteiger partial charge in [-0.25, -0.2) is 0 Å². The van der Waals surface area contributed by atoms with Crippen molar-refractivity contribution in [3.8, 4) is 22.6 Å². The van der Waals surface area contributed by atoms with Crippen LogP contribution < -0.4 is 14.8 Å². The van der Waals surface area contributed by atoms with Gasteiger partial charge >= 0.3 is 0 Å². The second-order valence-corrected chi connectivity index (χ2v) is 4.98. The molecule has 3 heteroatoms. The fourth-order valence-corrected chi connectivity index (χ4v) is 2.24. The molecule has 0 radical (unpaired) electrons. The van der Waals surface area contributed by atoms with Crippen molar-refractivity contribution in [2.45, 2.75) is 19.9 Å². The minimum Gasteiger partial charge on any atom is -0.497 e. The van der Waals surface area contributed by atoms with E-state index in [4.69, 9.17) is 9.47 Å². The molecule has 2 rings (SSSR count). The summed E-state index contributed by atoms with van der Waals surface area (Å²) in [7, 11) is 3.34. The maximum atomic E-state index is 5.34. The van der Waals surface area contributed by atoms with Gasteiger partial charge in [0.05, 0.1) is 14.2 Å². The summed E-state index contributed by atoms with van der Waals surface area (Å²) in [6.07, 6.45) is 1.15. The van der Waals surface area contributed by atoms with Crippen LogP contribution in [0.4, 0.5) is 0 Å². The Morgan fingerprint density at radius 2 is 1.62 bits per heavy atom. The lowest BCUT2D eigenvalue weighted by molar-refractivity contribution is 0.394. The predicted molar refractivity (Wildman–Crippen MR) is 87.0 cm³/mol. The van der Waals surface area contributed by atoms with Crippen LogP contribution in [-0.4, -0.2) is 20.8 Å². The van der Waals surface area contributed by atoms with Gasteiger partial charge in [-0.1, -0.05) is 25.1 Å². The fraction of sp³-hybridized carbons (Fsp3) is 0.333. The highest BCUT2D eigenvalue weighted by Crippen LogP contribution is 2.30. The Hall–Kier alpha value is -2.00. The van der Waals surface area contributed by atoms with Crippen LogP contribution in [0, 0.1) is 0 Å². The number of rotatable bonds is 7. The van der Waals surface area contributed by atoms with Gasteiger partial charge in [-0.2, -0.15) is 0 Å². The molecule has 0 aliphatic carbocycles. The Morgan fingerprint density at radius 3 is 2.24 bits per heavy atom. The lowest BCUT2D eigenvalue weighted by Gasteiger charge is -2.10. The molecule has 0 aliphatic rings. The van der Waals surface area contributed by atoms with E-state index in [9.17, 15) is 0 Å². The maximum absolute atomic E-state index is 5.34. The van der Waals surface area contributed by atoms with Crippen LogP contribution in [0.2, 0.25) is 0 Å². The third kappa shape index (κ3) is 4.23. The van der Waals surface area contributed by atoms with Crippen LogP contribution in [0.5, 0.6) is 11.5 Å². The number of methoxy groups -OCH3 is 2. The van der Waals surface area contributed by atoms with E-state index in [1.54, 1.807) is 14.2 Å². The number of benzene rings is 2. The number of hydrogen-bond donors (Lipinski definition) is 1. The second-order valence-electron chi connectivity index (χ2n) is 4.98. The molecule has 0 atom stereocenters. The molecule has 0 saturated carbocycles. The van der Waals surface area contributed by atoms with Gasteiger partial charge in [-0.15, -0.1) is 0 Å². The van der Waals surface area contributed by atoms with Crippen LogP contribution in [0.3, 0.4) is 0 Å². The topological polar surface area (TPSA) is 30.5 Å². The molecule has 0 amide bonds. The Bertz CT molecular complexity index is 559. The fourth-order valence-electron chi connectivity index (χ4n) is 2.24. The van der Waals surface area contributed by atoms with E-state index in [0.717, 1.165) is 36.6 Å². The molecule has 0 heterocycles. The van der Waals surface area contributed by atoms with E-state index < -0.39 is 0 Å². The van der Waals surface area contributed by atoms with Gasteiger partial charge in [0.1, 0.15) is 11.5 Å². The van der Waals surface area contributed by atoms with Crippen molar-refractivity contribution in [1.29, 1.82) is 0 Å². The van der Waals surface area contributed by atoms with Gasteiger partial charge < -0.3 is 14.8 Å². The Balaban J connectivity index is 2.26. The minimum absolute atomic E-state index is 0.805. The molecule has 0 bridgehead atoms. The molecule has 0 fully saturated rings. The van der Waals surface area contributed by atoms with Crippen LogP contribution in [0.1, 0.15) is 18.9 Å². The van der Waals surface area contributed by atoms with Crippen molar-refractivity contribution in [2.24, 2.45) is 0 Å². The van der Waals surface area contributed by atoms with Gasteiger partial charge in [-0.3, -0.25) is 0 Å². The van der Waals surface area contributed by atoms with E-state index in [2.05, 4.69) is 36.5 Å². The molecular formula is C18H23NO2. The predicted octanol–water partition coefficient (Wildman–Crippen LogP) is 3.87. The third-order valence-corrected chi connectivity index (χ3v) is 3.37. The van der Waals surface area contributed by atoms with E-state index >= 15 is 0 Å². The molecule has 112 valence electrons. The lowest BCUT2D eigenvalue weighted by Crippen LogP contribution is -2.13. The highest BCUT2D eigenvalue weighted by molar-refractivity contribution is 5.68. The summed E-state index contributed by atoms with van der Waals surface area (Å²) in [5.41, 5.74) is 3.55. The normalized spacial score (nSPS) is 10.4. The monoisotopic (exact) mass is 285 g/mol. The van der Waals surface area contributed by atoms with Gasteiger partial charge in [-0.05, 0) is 47.9 Å². The maximum Gasteiger partial charge on any atom is 0.123 e. The standard InChI is InChI=1S/C18H23NO2/c1-4-8-19-13-14-6-5-7-15(9-14)16-10-17(20-2)12-18(11-16)21-3/h5-7,9-12,19H,4,8,13H2,1-3H3. The molecule has 3 nitrogen and oxygen atoms in total. The summed E-state index contributed by atoms with van der Waals surface area (Å²) in [4.78, 5) is 0. The molecule has 2 aromatic rings. The van der Waals surface area contributed by atoms with E-state index in [1.807, 2.05) is 18.2 Å². The number of hydrogen-bond acceptors (Lipinski definition) is 3. The van der Waals surface area contributed by atoms with Crippen molar-refractivity contribution in [1.82, 2.24) is 5.32 Å². The first-order chi connectivity index (χ1) is 10.3. The van der Waals surface area contributed by atoms with Crippen molar-refractivity contribution in [2.75, 3.05) is 20.8 Å². The highest BCUT2D eigenvalue weighted by Gasteiger charge is 2.05. The molecule has 0 spiro atoms. The molecule has 0 unspecified atom stereocenters. The van der Waals surface area contributed by atoms with Gasteiger partial charge in [0.2, 0.25) is 0 Å². The summed E-state index contributed by atoms with van der Waals surface area (Å²) in [6, 6.07) is 14.5. The highest BCUT2D eigenvalue weighted by atomic mass is 16.5. The Morgan fingerprint density at radius 1 is 0.905 bits per heavy atom. The van der Waals surface area contributed by atoms with E-state index in [-0.39, 0.29) is 0 Å². The average Bonchev–Trinajstić information content (AvgIpc) is 2.55. The van der Waals surface area contributed by atoms with Gasteiger partial charge in [0.15, 0.2) is 0 Å². The van der Waals surface area contributed by atoms with Crippen LogP contribution in [-0.2, 0) is 6.54 Å². The first kappa shape index (κ1) is 15.4. The molecule has 0 aliphatic heterocycles. The quantitative estimate of drug-likeness (QED) is 0.783. The summed E-state index contributed by atoms with van der Waals surface area (Å²) >= 11 is 0. The van der Waals surface area contributed by atoms with Crippen LogP contribution >= 0.6 is 0 Å². The Labute approximate surface area is 126 Å². The number of ether oxygens (including phenoxy) is 2. The zero-order chi connectivity index (χ0) is 15.1. The minimum atomic E-state index is 0.805. The smallest absolute Gasteiger partial charge is 0.123 e. The summed E-state index contributed by atoms with van der Waals surface area (Å²) < 4.78 is 10.7. The van der Waals surface area contributed by atoms with E-state index in [1.165, 1.54) is 11.1 Å². The van der Waals surface area contributed by atoms with E-state index in [0.29, 0.717) is 0 Å². The van der Waals surface area contributed by atoms with Crippen molar-refractivity contribution in [3.05, 3.63) is 48.0 Å². The van der Waals surface area contributed by atoms with Crippen molar-refractivity contribution >= 4 is 0 Å². The molecule has 0 aromatic heterocycles.